The van der Waals surface area contributed by atoms with Crippen LogP contribution in [0, 0.1) is 5.92 Å². The molecule has 0 fully saturated rings. The smallest absolute Gasteiger partial charge is 0.115 e. The fourth-order valence-electron chi connectivity index (χ4n) is 2.64. The molecule has 2 atom stereocenters. The van der Waals surface area contributed by atoms with E-state index in [1.165, 1.54) is 11.1 Å². The molecule has 0 amide bonds. The van der Waals surface area contributed by atoms with E-state index in [4.69, 9.17) is 0 Å². The molecule has 0 aliphatic heterocycles. The Bertz CT molecular complexity index is 365. The lowest BCUT2D eigenvalue weighted by Gasteiger charge is -2.26. The predicted molar refractivity (Wildman–Crippen MR) is 58.7 cm³/mol. The van der Waals surface area contributed by atoms with E-state index in [0.29, 0.717) is 17.6 Å². The normalized spacial score (nSPS) is 28.9. The van der Waals surface area contributed by atoms with Crippen LogP contribution in [0.4, 0.5) is 0 Å². The molecule has 0 saturated carbocycles. The number of hydrogen-bond acceptors (Lipinski definition) is 1. The fourth-order valence-corrected chi connectivity index (χ4v) is 2.64. The Morgan fingerprint density at radius 2 is 1.86 bits per heavy atom. The molecule has 1 aliphatic rings. The quantitative estimate of drug-likeness (QED) is 0.664. The maximum absolute atomic E-state index is 9.50. The average molecular weight is 190 g/mol. The van der Waals surface area contributed by atoms with Crippen LogP contribution < -0.4 is 0 Å². The minimum absolute atomic E-state index is 0.188. The molecule has 0 aromatic heterocycles. The van der Waals surface area contributed by atoms with E-state index < -0.39 is 0 Å². The van der Waals surface area contributed by atoms with Crippen LogP contribution in [0.2, 0.25) is 0 Å². The molecule has 0 spiro atoms. The third kappa shape index (κ3) is 1.08. The van der Waals surface area contributed by atoms with Crippen LogP contribution in [0.5, 0.6) is 5.75 Å². The highest BCUT2D eigenvalue weighted by atomic mass is 16.3. The maximum atomic E-state index is 9.50. The Labute approximate surface area is 85.8 Å². The van der Waals surface area contributed by atoms with Crippen molar-refractivity contribution < 1.29 is 5.11 Å². The minimum atomic E-state index is 0.188. The van der Waals surface area contributed by atoms with Gasteiger partial charge in [0.05, 0.1) is 0 Å². The zero-order valence-corrected chi connectivity index (χ0v) is 9.33. The first-order valence-electron chi connectivity index (χ1n) is 5.28. The largest absolute Gasteiger partial charge is 0.508 e. The van der Waals surface area contributed by atoms with Gasteiger partial charge in [-0.25, -0.2) is 0 Å². The number of fused-ring (bicyclic) bond motifs is 1. The minimum Gasteiger partial charge on any atom is -0.508 e. The Hall–Kier alpha value is -0.980. The molecule has 2 rings (SSSR count). The molecule has 1 nitrogen and oxygen atoms in total. The number of aromatic hydroxyl groups is 1. The Kier molecular flexibility index (Phi) is 1.88. The summed E-state index contributed by atoms with van der Waals surface area (Å²) in [5.74, 6) is 1.62. The van der Waals surface area contributed by atoms with Crippen molar-refractivity contribution in [2.75, 3.05) is 0 Å². The number of hydrogen-bond donors (Lipinski definition) is 1. The second-order valence-corrected chi connectivity index (χ2v) is 5.07. The molecule has 1 aromatic rings. The topological polar surface area (TPSA) is 20.2 Å². The van der Waals surface area contributed by atoms with E-state index >= 15 is 0 Å². The number of phenols is 1. The van der Waals surface area contributed by atoms with Gasteiger partial charge in [0.25, 0.3) is 0 Å². The lowest BCUT2D eigenvalue weighted by Crippen LogP contribution is -2.22. The molecule has 1 N–H and O–H groups in total. The highest BCUT2D eigenvalue weighted by Gasteiger charge is 2.41. The first kappa shape index (κ1) is 9.57. The summed E-state index contributed by atoms with van der Waals surface area (Å²) in [7, 11) is 0. The molecule has 1 aromatic carbocycles. The molecule has 1 aliphatic carbocycles. The van der Waals surface area contributed by atoms with Crippen LogP contribution in [0.15, 0.2) is 18.2 Å². The number of benzene rings is 1. The first-order chi connectivity index (χ1) is 6.44. The summed E-state index contributed by atoms with van der Waals surface area (Å²) in [6.45, 7) is 9.09. The highest BCUT2D eigenvalue weighted by Crippen LogP contribution is 2.50. The van der Waals surface area contributed by atoms with Crippen LogP contribution in [0.3, 0.4) is 0 Å². The second kappa shape index (κ2) is 2.75. The summed E-state index contributed by atoms with van der Waals surface area (Å²) < 4.78 is 0. The van der Waals surface area contributed by atoms with Crippen molar-refractivity contribution in [1.29, 1.82) is 0 Å². The summed E-state index contributed by atoms with van der Waals surface area (Å²) in [5.41, 5.74) is 2.91. The Balaban J connectivity index is 2.63. The van der Waals surface area contributed by atoms with Gasteiger partial charge >= 0.3 is 0 Å². The first-order valence-corrected chi connectivity index (χ1v) is 5.28. The van der Waals surface area contributed by atoms with Gasteiger partial charge in [0, 0.05) is 0 Å². The van der Waals surface area contributed by atoms with Gasteiger partial charge < -0.3 is 5.11 Å². The molecule has 0 bridgehead atoms. The van der Waals surface area contributed by atoms with Gasteiger partial charge in [-0.1, -0.05) is 33.8 Å². The van der Waals surface area contributed by atoms with Crippen molar-refractivity contribution in [3.05, 3.63) is 29.3 Å². The molecule has 1 heteroatoms. The molecular weight excluding hydrogens is 172 g/mol. The maximum Gasteiger partial charge on any atom is 0.115 e. The monoisotopic (exact) mass is 190 g/mol. The molecule has 0 saturated heterocycles. The Morgan fingerprint density at radius 1 is 1.21 bits per heavy atom. The summed E-state index contributed by atoms with van der Waals surface area (Å²) in [6.07, 6.45) is 0. The zero-order valence-electron chi connectivity index (χ0n) is 9.33. The average Bonchev–Trinajstić information content (AvgIpc) is 2.29. The van der Waals surface area contributed by atoms with Gasteiger partial charge in [-0.2, -0.15) is 0 Å². The van der Waals surface area contributed by atoms with Gasteiger partial charge in [-0.3, -0.25) is 0 Å². The van der Waals surface area contributed by atoms with Gasteiger partial charge in [-0.05, 0) is 40.5 Å². The summed E-state index contributed by atoms with van der Waals surface area (Å²) in [4.78, 5) is 0. The zero-order chi connectivity index (χ0) is 10.5. The van der Waals surface area contributed by atoms with Crippen LogP contribution in [-0.2, 0) is 5.41 Å². The molecule has 0 radical (unpaired) electrons. The lowest BCUT2D eigenvalue weighted by molar-refractivity contribution is 0.341. The van der Waals surface area contributed by atoms with Gasteiger partial charge in [0.15, 0.2) is 0 Å². The molecule has 0 heterocycles. The van der Waals surface area contributed by atoms with Gasteiger partial charge in [0.1, 0.15) is 5.75 Å². The molecule has 76 valence electrons. The van der Waals surface area contributed by atoms with Crippen molar-refractivity contribution >= 4 is 0 Å². The van der Waals surface area contributed by atoms with E-state index in [1.807, 2.05) is 6.07 Å². The van der Waals surface area contributed by atoms with E-state index in [2.05, 4.69) is 33.8 Å². The fraction of sp³-hybridized carbons (Fsp3) is 0.538. The van der Waals surface area contributed by atoms with Crippen molar-refractivity contribution in [2.24, 2.45) is 5.92 Å². The van der Waals surface area contributed by atoms with Gasteiger partial charge in [0.2, 0.25) is 0 Å². The van der Waals surface area contributed by atoms with E-state index in [9.17, 15) is 5.11 Å². The van der Waals surface area contributed by atoms with Crippen LogP contribution in [0.25, 0.3) is 0 Å². The molecular formula is C13H18O. The summed E-state index contributed by atoms with van der Waals surface area (Å²) in [5, 5.41) is 9.50. The highest BCUT2D eigenvalue weighted by molar-refractivity contribution is 5.46. The van der Waals surface area contributed by atoms with E-state index in [1.54, 1.807) is 6.07 Å². The summed E-state index contributed by atoms with van der Waals surface area (Å²) >= 11 is 0. The van der Waals surface area contributed by atoms with Crippen molar-refractivity contribution in [1.82, 2.24) is 0 Å². The third-order valence-corrected chi connectivity index (χ3v) is 4.11. The number of phenolic OH excluding ortho intramolecular Hbond substituents is 1. The second-order valence-electron chi connectivity index (χ2n) is 5.07. The molecule has 2 unspecified atom stereocenters. The third-order valence-electron chi connectivity index (χ3n) is 4.11. The van der Waals surface area contributed by atoms with Crippen LogP contribution >= 0.6 is 0 Å². The van der Waals surface area contributed by atoms with Crippen molar-refractivity contribution in [3.63, 3.8) is 0 Å². The molecule has 14 heavy (non-hydrogen) atoms. The van der Waals surface area contributed by atoms with Gasteiger partial charge in [-0.15, -0.1) is 0 Å². The summed E-state index contributed by atoms with van der Waals surface area (Å²) in [6, 6.07) is 5.79. The lowest BCUT2D eigenvalue weighted by atomic mass is 9.77. The van der Waals surface area contributed by atoms with E-state index in [0.717, 1.165) is 0 Å². The van der Waals surface area contributed by atoms with Crippen LogP contribution in [-0.4, -0.2) is 5.11 Å². The van der Waals surface area contributed by atoms with Crippen molar-refractivity contribution in [3.8, 4) is 5.75 Å². The standard InChI is InChI=1S/C13H18O/c1-8-9(2)13(3,4)12-7-10(14)5-6-11(8)12/h5-9,14H,1-4H3. The van der Waals surface area contributed by atoms with Crippen LogP contribution in [0.1, 0.15) is 44.7 Å². The number of rotatable bonds is 0. The SMILES string of the molecule is CC1c2ccc(O)cc2C(C)(C)C1C. The Morgan fingerprint density at radius 3 is 2.50 bits per heavy atom. The van der Waals surface area contributed by atoms with Crippen molar-refractivity contribution in [2.45, 2.75) is 39.0 Å². The predicted octanol–water partition coefficient (Wildman–Crippen LogP) is 3.42. The van der Waals surface area contributed by atoms with E-state index in [-0.39, 0.29) is 5.41 Å².